The Morgan fingerprint density at radius 2 is 1.33 bits per heavy atom. The predicted molar refractivity (Wildman–Crippen MR) is 105 cm³/mol. The van der Waals surface area contributed by atoms with Crippen LogP contribution in [-0.2, 0) is 14.8 Å². The monoisotopic (exact) mass is 389 g/mol. The fourth-order valence-electron chi connectivity index (χ4n) is 2.53. The van der Waals surface area contributed by atoms with Crippen molar-refractivity contribution in [3.8, 4) is 0 Å². The van der Waals surface area contributed by atoms with E-state index in [0.717, 1.165) is 0 Å². The Labute approximate surface area is 159 Å². The van der Waals surface area contributed by atoms with Crippen molar-refractivity contribution in [2.45, 2.75) is 25.7 Å². The maximum Gasteiger partial charge on any atom is 0.255 e. The number of nitrogens with one attached hydrogen (secondary N) is 2. The summed E-state index contributed by atoms with van der Waals surface area (Å²) in [6, 6.07) is 12.5. The zero-order valence-electron chi connectivity index (χ0n) is 15.5. The van der Waals surface area contributed by atoms with Gasteiger partial charge < -0.3 is 10.6 Å². The number of anilines is 2. The third kappa shape index (κ3) is 5.15. The van der Waals surface area contributed by atoms with Crippen LogP contribution in [0.5, 0.6) is 0 Å². The number of rotatable bonds is 7. The number of hydrogen-bond acceptors (Lipinski definition) is 4. The molecule has 0 unspecified atom stereocenters. The molecule has 2 rings (SSSR count). The molecule has 0 heterocycles. The van der Waals surface area contributed by atoms with Gasteiger partial charge in [0.15, 0.2) is 0 Å². The zero-order chi connectivity index (χ0) is 20.0. The van der Waals surface area contributed by atoms with Gasteiger partial charge in [-0.25, -0.2) is 8.42 Å². The van der Waals surface area contributed by atoms with Crippen molar-refractivity contribution in [1.82, 2.24) is 4.31 Å². The van der Waals surface area contributed by atoms with Gasteiger partial charge in [-0.15, -0.1) is 0 Å². The predicted octanol–water partition coefficient (Wildman–Crippen LogP) is 2.93. The minimum absolute atomic E-state index is 0.155. The molecule has 0 bridgehead atoms. The largest absolute Gasteiger partial charge is 0.326 e. The molecule has 0 aliphatic carbocycles. The number of hydrogen-bond donors (Lipinski definition) is 2. The van der Waals surface area contributed by atoms with Crippen molar-refractivity contribution < 1.29 is 18.0 Å². The van der Waals surface area contributed by atoms with Crippen LogP contribution in [0.15, 0.2) is 53.4 Å². The Hall–Kier alpha value is -2.71. The molecule has 7 nitrogen and oxygen atoms in total. The van der Waals surface area contributed by atoms with Crippen molar-refractivity contribution >= 4 is 33.2 Å². The Kier molecular flexibility index (Phi) is 6.70. The molecular weight excluding hydrogens is 366 g/mol. The molecule has 2 N–H and O–H groups in total. The van der Waals surface area contributed by atoms with E-state index in [2.05, 4.69) is 10.6 Å². The molecule has 8 heteroatoms. The van der Waals surface area contributed by atoms with Gasteiger partial charge in [-0.05, 0) is 48.5 Å². The third-order valence-corrected chi connectivity index (χ3v) is 5.99. The Balaban J connectivity index is 2.10. The van der Waals surface area contributed by atoms with Crippen LogP contribution in [0.25, 0.3) is 0 Å². The van der Waals surface area contributed by atoms with Gasteiger partial charge in [-0.1, -0.05) is 13.8 Å². The maximum absolute atomic E-state index is 12.5. The molecule has 0 aromatic heterocycles. The van der Waals surface area contributed by atoms with E-state index in [9.17, 15) is 18.0 Å². The van der Waals surface area contributed by atoms with Gasteiger partial charge in [0.2, 0.25) is 15.9 Å². The van der Waals surface area contributed by atoms with E-state index in [-0.39, 0.29) is 16.7 Å². The van der Waals surface area contributed by atoms with Crippen LogP contribution in [0.2, 0.25) is 0 Å². The van der Waals surface area contributed by atoms with Crippen LogP contribution < -0.4 is 10.6 Å². The molecule has 27 heavy (non-hydrogen) atoms. The van der Waals surface area contributed by atoms with Crippen LogP contribution in [0, 0.1) is 0 Å². The van der Waals surface area contributed by atoms with E-state index < -0.39 is 10.0 Å². The normalized spacial score (nSPS) is 11.3. The number of nitrogens with zero attached hydrogens (tertiary/aromatic N) is 1. The summed E-state index contributed by atoms with van der Waals surface area (Å²) >= 11 is 0. The Morgan fingerprint density at radius 3 is 1.78 bits per heavy atom. The summed E-state index contributed by atoms with van der Waals surface area (Å²) in [6.45, 7) is 5.74. The van der Waals surface area contributed by atoms with E-state index >= 15 is 0 Å². The van der Waals surface area contributed by atoms with Gasteiger partial charge in [0.05, 0.1) is 4.90 Å². The number of amides is 2. The van der Waals surface area contributed by atoms with E-state index in [1.807, 2.05) is 0 Å². The van der Waals surface area contributed by atoms with E-state index in [4.69, 9.17) is 0 Å². The third-order valence-electron chi connectivity index (χ3n) is 3.92. The molecule has 0 atom stereocenters. The molecule has 144 valence electrons. The molecular formula is C19H23N3O4S. The topological polar surface area (TPSA) is 95.6 Å². The average Bonchev–Trinajstić information content (AvgIpc) is 2.64. The van der Waals surface area contributed by atoms with Gasteiger partial charge in [-0.3, -0.25) is 9.59 Å². The first kappa shape index (κ1) is 20.6. The lowest BCUT2D eigenvalue weighted by molar-refractivity contribution is -0.114. The lowest BCUT2D eigenvalue weighted by atomic mass is 10.2. The van der Waals surface area contributed by atoms with Crippen molar-refractivity contribution in [3.05, 3.63) is 54.1 Å². The van der Waals surface area contributed by atoms with Crippen LogP contribution in [-0.4, -0.2) is 37.6 Å². The highest BCUT2D eigenvalue weighted by Crippen LogP contribution is 2.18. The molecule has 0 aliphatic rings. The molecule has 2 amide bonds. The van der Waals surface area contributed by atoms with Gasteiger partial charge >= 0.3 is 0 Å². The van der Waals surface area contributed by atoms with Gasteiger partial charge in [0.25, 0.3) is 5.91 Å². The highest BCUT2D eigenvalue weighted by atomic mass is 32.2. The van der Waals surface area contributed by atoms with Crippen LogP contribution in [0.4, 0.5) is 11.4 Å². The maximum atomic E-state index is 12.5. The second-order valence-electron chi connectivity index (χ2n) is 5.83. The quantitative estimate of drug-likeness (QED) is 0.761. The van der Waals surface area contributed by atoms with Crippen molar-refractivity contribution in [1.29, 1.82) is 0 Å². The smallest absolute Gasteiger partial charge is 0.255 e. The molecule has 0 saturated carbocycles. The summed E-state index contributed by atoms with van der Waals surface area (Å²) in [4.78, 5) is 23.5. The number of carbonyl (C=O) groups is 2. The minimum Gasteiger partial charge on any atom is -0.326 e. The van der Waals surface area contributed by atoms with Gasteiger partial charge in [0.1, 0.15) is 0 Å². The summed E-state index contributed by atoms with van der Waals surface area (Å²) in [5.41, 5.74) is 1.54. The van der Waals surface area contributed by atoms with Gasteiger partial charge in [-0.2, -0.15) is 4.31 Å². The van der Waals surface area contributed by atoms with Crippen LogP contribution in [0.3, 0.4) is 0 Å². The van der Waals surface area contributed by atoms with E-state index in [0.29, 0.717) is 30.0 Å². The summed E-state index contributed by atoms with van der Waals surface area (Å²) < 4.78 is 26.3. The van der Waals surface area contributed by atoms with Crippen molar-refractivity contribution in [2.75, 3.05) is 23.7 Å². The average molecular weight is 389 g/mol. The molecule has 0 radical (unpaired) electrons. The minimum atomic E-state index is -3.55. The number of carbonyl (C=O) groups excluding carboxylic acids is 2. The summed E-state index contributed by atoms with van der Waals surface area (Å²) in [5.74, 6) is -0.527. The standard InChI is InChI=1S/C19H23N3O4S/c1-4-22(5-2)27(25,26)18-12-6-15(7-13-18)19(24)21-17-10-8-16(9-11-17)20-14(3)23/h6-13H,4-5H2,1-3H3,(H,20,23)(H,21,24). The lowest BCUT2D eigenvalue weighted by Gasteiger charge is -2.18. The van der Waals surface area contributed by atoms with E-state index in [1.54, 1.807) is 38.1 Å². The second kappa shape index (κ2) is 8.79. The summed E-state index contributed by atoms with van der Waals surface area (Å²) in [7, 11) is -3.55. The van der Waals surface area contributed by atoms with Crippen molar-refractivity contribution in [2.24, 2.45) is 0 Å². The number of benzene rings is 2. The Morgan fingerprint density at radius 1 is 0.852 bits per heavy atom. The van der Waals surface area contributed by atoms with Crippen LogP contribution >= 0.6 is 0 Å². The lowest BCUT2D eigenvalue weighted by Crippen LogP contribution is -2.30. The molecule has 0 saturated heterocycles. The number of sulfonamides is 1. The molecule has 0 aliphatic heterocycles. The van der Waals surface area contributed by atoms with Crippen molar-refractivity contribution in [3.63, 3.8) is 0 Å². The second-order valence-corrected chi connectivity index (χ2v) is 7.76. The van der Waals surface area contributed by atoms with E-state index in [1.165, 1.54) is 35.5 Å². The summed E-state index contributed by atoms with van der Waals surface area (Å²) in [6.07, 6.45) is 0. The fraction of sp³-hybridized carbons (Fsp3) is 0.263. The molecule has 2 aromatic carbocycles. The highest BCUT2D eigenvalue weighted by Gasteiger charge is 2.21. The SMILES string of the molecule is CCN(CC)S(=O)(=O)c1ccc(C(=O)Nc2ccc(NC(C)=O)cc2)cc1. The summed E-state index contributed by atoms with van der Waals surface area (Å²) in [5, 5.41) is 5.37. The van der Waals surface area contributed by atoms with Gasteiger partial charge in [0, 0.05) is 37.0 Å². The molecule has 0 spiro atoms. The first-order chi connectivity index (χ1) is 12.8. The molecule has 2 aromatic rings. The molecule has 0 fully saturated rings. The first-order valence-corrected chi connectivity index (χ1v) is 10.0. The Bertz CT molecular complexity index is 903. The zero-order valence-corrected chi connectivity index (χ0v) is 16.3. The first-order valence-electron chi connectivity index (χ1n) is 8.57. The van der Waals surface area contributed by atoms with Crippen LogP contribution in [0.1, 0.15) is 31.1 Å². The fourth-order valence-corrected chi connectivity index (χ4v) is 3.99. The highest BCUT2D eigenvalue weighted by molar-refractivity contribution is 7.89.